The van der Waals surface area contributed by atoms with Crippen molar-refractivity contribution in [1.29, 1.82) is 0 Å². The van der Waals surface area contributed by atoms with E-state index in [0.29, 0.717) is 17.8 Å². The van der Waals surface area contributed by atoms with Crippen LogP contribution in [0.25, 0.3) is 11.5 Å². The van der Waals surface area contributed by atoms with Gasteiger partial charge in [-0.2, -0.15) is 10.1 Å². The van der Waals surface area contributed by atoms with Gasteiger partial charge in [0.15, 0.2) is 0 Å². The summed E-state index contributed by atoms with van der Waals surface area (Å²) in [5.74, 6) is 1.22. The fraction of sp³-hybridized carbons (Fsp3) is 0.615. The zero-order valence-electron chi connectivity index (χ0n) is 11.8. The minimum atomic E-state index is 0.386. The van der Waals surface area contributed by atoms with Crippen LogP contribution < -0.4 is 5.32 Å². The van der Waals surface area contributed by atoms with Crippen molar-refractivity contribution in [1.82, 2.24) is 25.2 Å². The molecule has 1 atom stereocenters. The lowest BCUT2D eigenvalue weighted by Crippen LogP contribution is -2.31. The van der Waals surface area contributed by atoms with Gasteiger partial charge in [0.05, 0.1) is 0 Å². The predicted octanol–water partition coefficient (Wildman–Crippen LogP) is 1.79. The van der Waals surface area contributed by atoms with Crippen LogP contribution in [-0.2, 0) is 13.5 Å². The van der Waals surface area contributed by atoms with E-state index in [2.05, 4.69) is 34.4 Å². The Labute approximate surface area is 113 Å². The summed E-state index contributed by atoms with van der Waals surface area (Å²) < 4.78 is 7.02. The number of rotatable bonds is 7. The molecule has 19 heavy (non-hydrogen) atoms. The fourth-order valence-corrected chi connectivity index (χ4v) is 1.90. The van der Waals surface area contributed by atoms with Crippen molar-refractivity contribution in [2.75, 3.05) is 6.54 Å². The monoisotopic (exact) mass is 263 g/mol. The van der Waals surface area contributed by atoms with E-state index in [0.717, 1.165) is 31.5 Å². The van der Waals surface area contributed by atoms with Crippen molar-refractivity contribution >= 4 is 0 Å². The second-order valence-electron chi connectivity index (χ2n) is 4.65. The van der Waals surface area contributed by atoms with Crippen LogP contribution in [0.4, 0.5) is 0 Å². The molecule has 0 bridgehead atoms. The highest BCUT2D eigenvalue weighted by Crippen LogP contribution is 2.13. The SMILES string of the molecule is CCCNC(CC)Cc1nc(-c2ccn(C)n2)no1. The lowest BCUT2D eigenvalue weighted by molar-refractivity contribution is 0.354. The molecule has 0 saturated heterocycles. The number of nitrogens with zero attached hydrogens (tertiary/aromatic N) is 4. The Kier molecular flexibility index (Phi) is 4.68. The van der Waals surface area contributed by atoms with Crippen molar-refractivity contribution in [2.45, 2.75) is 39.2 Å². The zero-order chi connectivity index (χ0) is 13.7. The second kappa shape index (κ2) is 6.47. The van der Waals surface area contributed by atoms with Gasteiger partial charge in [0.1, 0.15) is 5.69 Å². The van der Waals surface area contributed by atoms with E-state index in [4.69, 9.17) is 4.52 Å². The molecule has 0 amide bonds. The standard InChI is InChI=1S/C13H21N5O/c1-4-7-14-10(5-2)9-12-15-13(17-19-12)11-6-8-18(3)16-11/h6,8,10,14H,4-5,7,9H2,1-3H3. The minimum Gasteiger partial charge on any atom is -0.339 e. The number of hydrogen-bond acceptors (Lipinski definition) is 5. The first-order valence-electron chi connectivity index (χ1n) is 6.79. The fourth-order valence-electron chi connectivity index (χ4n) is 1.90. The van der Waals surface area contributed by atoms with E-state index in [1.165, 1.54) is 0 Å². The van der Waals surface area contributed by atoms with E-state index < -0.39 is 0 Å². The molecule has 1 unspecified atom stereocenters. The van der Waals surface area contributed by atoms with Gasteiger partial charge in [0.25, 0.3) is 0 Å². The summed E-state index contributed by atoms with van der Waals surface area (Å²) in [7, 11) is 1.87. The topological polar surface area (TPSA) is 68.8 Å². The maximum atomic E-state index is 5.29. The molecule has 0 fully saturated rings. The van der Waals surface area contributed by atoms with Crippen molar-refractivity contribution in [2.24, 2.45) is 7.05 Å². The molecule has 0 radical (unpaired) electrons. The Morgan fingerprint density at radius 1 is 1.42 bits per heavy atom. The highest BCUT2D eigenvalue weighted by Gasteiger charge is 2.14. The quantitative estimate of drug-likeness (QED) is 0.824. The van der Waals surface area contributed by atoms with Gasteiger partial charge in [-0.25, -0.2) is 0 Å². The molecule has 104 valence electrons. The van der Waals surface area contributed by atoms with Crippen LogP contribution in [0, 0.1) is 0 Å². The van der Waals surface area contributed by atoms with Gasteiger partial charge < -0.3 is 9.84 Å². The van der Waals surface area contributed by atoms with Crippen LogP contribution in [0.15, 0.2) is 16.8 Å². The summed E-state index contributed by atoms with van der Waals surface area (Å²) in [6, 6.07) is 2.26. The van der Waals surface area contributed by atoms with Gasteiger partial charge in [-0.05, 0) is 25.5 Å². The maximum absolute atomic E-state index is 5.29. The first kappa shape index (κ1) is 13.7. The number of hydrogen-bond donors (Lipinski definition) is 1. The van der Waals surface area contributed by atoms with Gasteiger partial charge >= 0.3 is 0 Å². The Bertz CT molecular complexity index is 505. The van der Waals surface area contributed by atoms with Crippen LogP contribution in [0.3, 0.4) is 0 Å². The Hall–Kier alpha value is -1.69. The highest BCUT2D eigenvalue weighted by atomic mass is 16.5. The number of aryl methyl sites for hydroxylation is 1. The molecule has 0 spiro atoms. The van der Waals surface area contributed by atoms with Crippen LogP contribution in [0.2, 0.25) is 0 Å². The number of aromatic nitrogens is 4. The van der Waals surface area contributed by atoms with Crippen LogP contribution in [-0.4, -0.2) is 32.5 Å². The minimum absolute atomic E-state index is 0.386. The van der Waals surface area contributed by atoms with Crippen LogP contribution in [0.5, 0.6) is 0 Å². The average molecular weight is 263 g/mol. The Morgan fingerprint density at radius 3 is 2.89 bits per heavy atom. The highest BCUT2D eigenvalue weighted by molar-refractivity contribution is 5.46. The van der Waals surface area contributed by atoms with Crippen LogP contribution >= 0.6 is 0 Å². The van der Waals surface area contributed by atoms with Crippen molar-refractivity contribution in [3.8, 4) is 11.5 Å². The third-order valence-corrected chi connectivity index (χ3v) is 3.01. The molecule has 6 nitrogen and oxygen atoms in total. The molecule has 0 saturated carbocycles. The largest absolute Gasteiger partial charge is 0.339 e. The number of nitrogens with one attached hydrogen (secondary N) is 1. The lowest BCUT2D eigenvalue weighted by Gasteiger charge is -2.13. The third-order valence-electron chi connectivity index (χ3n) is 3.01. The molecule has 1 N–H and O–H groups in total. The predicted molar refractivity (Wildman–Crippen MR) is 72.6 cm³/mol. The Morgan fingerprint density at radius 2 is 2.26 bits per heavy atom. The molecule has 0 aliphatic carbocycles. The second-order valence-corrected chi connectivity index (χ2v) is 4.65. The van der Waals surface area contributed by atoms with Gasteiger partial charge in [0.2, 0.25) is 11.7 Å². The van der Waals surface area contributed by atoms with Crippen molar-refractivity contribution in [3.63, 3.8) is 0 Å². The molecule has 0 aliphatic heterocycles. The molecule has 2 aromatic rings. The van der Waals surface area contributed by atoms with Crippen LogP contribution in [0.1, 0.15) is 32.6 Å². The van der Waals surface area contributed by atoms with E-state index in [1.54, 1.807) is 4.68 Å². The van der Waals surface area contributed by atoms with Gasteiger partial charge in [-0.3, -0.25) is 4.68 Å². The van der Waals surface area contributed by atoms with Gasteiger partial charge in [-0.15, -0.1) is 0 Å². The summed E-state index contributed by atoms with van der Waals surface area (Å²) in [5.41, 5.74) is 0.743. The lowest BCUT2D eigenvalue weighted by atomic mass is 10.1. The molecule has 2 heterocycles. The molecule has 6 heteroatoms. The first-order chi connectivity index (χ1) is 9.22. The smallest absolute Gasteiger partial charge is 0.228 e. The maximum Gasteiger partial charge on any atom is 0.228 e. The normalized spacial score (nSPS) is 12.8. The van der Waals surface area contributed by atoms with Gasteiger partial charge in [0, 0.05) is 25.7 Å². The van der Waals surface area contributed by atoms with Crippen molar-refractivity contribution < 1.29 is 4.52 Å². The molecular formula is C13H21N5O. The summed E-state index contributed by atoms with van der Waals surface area (Å²) in [6.07, 6.45) is 4.79. The zero-order valence-corrected chi connectivity index (χ0v) is 11.8. The molecular weight excluding hydrogens is 242 g/mol. The van der Waals surface area contributed by atoms with E-state index in [9.17, 15) is 0 Å². The molecule has 0 aromatic carbocycles. The van der Waals surface area contributed by atoms with Crippen molar-refractivity contribution in [3.05, 3.63) is 18.2 Å². The summed E-state index contributed by atoms with van der Waals surface area (Å²) in [5, 5.41) is 11.7. The Balaban J connectivity index is 2.00. The summed E-state index contributed by atoms with van der Waals surface area (Å²) in [4.78, 5) is 4.40. The molecule has 0 aliphatic rings. The molecule has 2 rings (SSSR count). The average Bonchev–Trinajstić information content (AvgIpc) is 3.03. The summed E-state index contributed by atoms with van der Waals surface area (Å²) in [6.45, 7) is 5.33. The third kappa shape index (κ3) is 3.64. The molecule has 2 aromatic heterocycles. The van der Waals surface area contributed by atoms with Gasteiger partial charge in [-0.1, -0.05) is 19.0 Å². The summed E-state index contributed by atoms with van der Waals surface area (Å²) >= 11 is 0. The van der Waals surface area contributed by atoms with E-state index in [-0.39, 0.29) is 0 Å². The first-order valence-corrected chi connectivity index (χ1v) is 6.79. The van der Waals surface area contributed by atoms with E-state index in [1.807, 2.05) is 19.3 Å². The van der Waals surface area contributed by atoms with E-state index >= 15 is 0 Å².